The maximum absolute atomic E-state index is 9.90. The summed E-state index contributed by atoms with van der Waals surface area (Å²) >= 11 is 0. The van der Waals surface area contributed by atoms with Gasteiger partial charge in [0.05, 0.1) is 30.5 Å². The Morgan fingerprint density at radius 2 is 1.75 bits per heavy atom. The fourth-order valence-corrected chi connectivity index (χ4v) is 3.44. The summed E-state index contributed by atoms with van der Waals surface area (Å²) in [6.45, 7) is 2.86. The topological polar surface area (TPSA) is 76.3 Å². The number of aromatic nitrogens is 4. The molecule has 1 fully saturated rings. The molecule has 0 unspecified atom stereocenters. The van der Waals surface area contributed by atoms with Gasteiger partial charge in [-0.05, 0) is 24.3 Å². The van der Waals surface area contributed by atoms with Crippen LogP contribution in [0.1, 0.15) is 0 Å². The van der Waals surface area contributed by atoms with E-state index >= 15 is 0 Å². The van der Waals surface area contributed by atoms with Gasteiger partial charge in [-0.2, -0.15) is 5.10 Å². The summed E-state index contributed by atoms with van der Waals surface area (Å²) in [6, 6.07) is 16.9. The molecule has 4 aromatic rings. The zero-order valence-electron chi connectivity index (χ0n) is 15.2. The largest absolute Gasteiger partial charge is 0.508 e. The Bertz CT molecular complexity index is 1120. The van der Waals surface area contributed by atoms with E-state index in [0.717, 1.165) is 41.2 Å². The van der Waals surface area contributed by atoms with E-state index in [1.807, 2.05) is 47.3 Å². The summed E-state index contributed by atoms with van der Waals surface area (Å²) in [5.41, 5.74) is 2.43. The van der Waals surface area contributed by atoms with Crippen LogP contribution < -0.4 is 4.90 Å². The van der Waals surface area contributed by atoms with Gasteiger partial charge in [-0.3, -0.25) is 0 Å². The van der Waals surface area contributed by atoms with Crippen molar-refractivity contribution in [3.8, 4) is 22.8 Å². The number of nitrogens with zero attached hydrogens (tertiary/aromatic N) is 5. The Kier molecular flexibility index (Phi) is 4.14. The predicted molar refractivity (Wildman–Crippen MR) is 107 cm³/mol. The Hall–Kier alpha value is -3.45. The maximum Gasteiger partial charge on any atom is 0.169 e. The molecule has 1 aliphatic heterocycles. The van der Waals surface area contributed by atoms with Crippen molar-refractivity contribution in [2.24, 2.45) is 0 Å². The molecule has 2 aromatic heterocycles. The normalized spacial score (nSPS) is 14.5. The number of rotatable bonds is 3. The minimum Gasteiger partial charge on any atom is -0.508 e. The zero-order valence-corrected chi connectivity index (χ0v) is 15.2. The summed E-state index contributed by atoms with van der Waals surface area (Å²) in [5.74, 6) is 1.59. The molecule has 0 aliphatic carbocycles. The van der Waals surface area contributed by atoms with Gasteiger partial charge >= 0.3 is 0 Å². The molecule has 1 N–H and O–H groups in total. The summed E-state index contributed by atoms with van der Waals surface area (Å²) in [6.07, 6.45) is 1.82. The highest BCUT2D eigenvalue weighted by molar-refractivity contribution is 5.89. The first-order chi connectivity index (χ1) is 13.8. The van der Waals surface area contributed by atoms with Crippen LogP contribution in [0.5, 0.6) is 5.75 Å². The van der Waals surface area contributed by atoms with Crippen LogP contribution in [0.3, 0.4) is 0 Å². The first kappa shape index (κ1) is 16.7. The number of ether oxygens (including phenoxy) is 1. The molecule has 7 nitrogen and oxygen atoms in total. The van der Waals surface area contributed by atoms with Gasteiger partial charge in [-0.1, -0.05) is 30.3 Å². The van der Waals surface area contributed by atoms with Crippen molar-refractivity contribution in [3.63, 3.8) is 0 Å². The quantitative estimate of drug-likeness (QED) is 0.595. The number of aromatic hydroxyl groups is 1. The lowest BCUT2D eigenvalue weighted by atomic mass is 10.2. The molecule has 0 saturated carbocycles. The van der Waals surface area contributed by atoms with Gasteiger partial charge in [-0.25, -0.2) is 14.6 Å². The molecule has 7 heteroatoms. The second-order valence-electron chi connectivity index (χ2n) is 6.65. The minimum atomic E-state index is 0.186. The Labute approximate surface area is 161 Å². The summed E-state index contributed by atoms with van der Waals surface area (Å²) in [7, 11) is 0. The van der Waals surface area contributed by atoms with E-state index in [1.165, 1.54) is 0 Å². The Balaban J connectivity index is 1.74. The molecule has 140 valence electrons. The average molecular weight is 373 g/mol. The van der Waals surface area contributed by atoms with Gasteiger partial charge in [0, 0.05) is 18.7 Å². The van der Waals surface area contributed by atoms with Gasteiger partial charge in [0.1, 0.15) is 11.6 Å². The highest BCUT2D eigenvalue weighted by atomic mass is 16.5. The van der Waals surface area contributed by atoms with Crippen LogP contribution in [0.15, 0.2) is 60.8 Å². The van der Waals surface area contributed by atoms with Crippen LogP contribution in [-0.2, 0) is 4.74 Å². The van der Waals surface area contributed by atoms with E-state index < -0.39 is 0 Å². The Morgan fingerprint density at radius 1 is 0.929 bits per heavy atom. The number of morpholine rings is 1. The lowest BCUT2D eigenvalue weighted by molar-refractivity contribution is 0.122. The molecule has 0 bridgehead atoms. The average Bonchev–Trinajstić information content (AvgIpc) is 3.18. The number of hydrogen-bond acceptors (Lipinski definition) is 6. The third-order valence-electron chi connectivity index (χ3n) is 4.82. The molecular formula is C21H19N5O2. The van der Waals surface area contributed by atoms with Crippen molar-refractivity contribution in [3.05, 3.63) is 60.8 Å². The van der Waals surface area contributed by atoms with Gasteiger partial charge in [0.25, 0.3) is 0 Å². The SMILES string of the molecule is Oc1cccc(-c2nc(N3CCOCC3)c3cnn(-c4ccccc4)c3n2)c1. The highest BCUT2D eigenvalue weighted by Gasteiger charge is 2.21. The van der Waals surface area contributed by atoms with Crippen LogP contribution in [0, 0.1) is 0 Å². The molecule has 28 heavy (non-hydrogen) atoms. The summed E-state index contributed by atoms with van der Waals surface area (Å²) in [4.78, 5) is 11.8. The van der Waals surface area contributed by atoms with E-state index in [1.54, 1.807) is 18.2 Å². The molecule has 2 aromatic carbocycles. The van der Waals surface area contributed by atoms with Crippen LogP contribution in [0.4, 0.5) is 5.82 Å². The van der Waals surface area contributed by atoms with Gasteiger partial charge in [-0.15, -0.1) is 0 Å². The summed E-state index contributed by atoms with van der Waals surface area (Å²) < 4.78 is 7.33. The number of phenols is 1. The zero-order chi connectivity index (χ0) is 18.9. The van der Waals surface area contributed by atoms with E-state index in [-0.39, 0.29) is 5.75 Å². The summed E-state index contributed by atoms with van der Waals surface area (Å²) in [5, 5.41) is 15.4. The molecule has 5 rings (SSSR count). The van der Waals surface area contributed by atoms with E-state index in [4.69, 9.17) is 14.7 Å². The number of phenolic OH excluding ortho intramolecular Hbond substituents is 1. The maximum atomic E-state index is 9.90. The second kappa shape index (κ2) is 6.94. The van der Waals surface area contributed by atoms with Gasteiger partial charge in [0.15, 0.2) is 11.5 Å². The number of hydrogen-bond donors (Lipinski definition) is 1. The first-order valence-electron chi connectivity index (χ1n) is 9.23. The molecule has 0 radical (unpaired) electrons. The number of benzene rings is 2. The second-order valence-corrected chi connectivity index (χ2v) is 6.65. The molecule has 3 heterocycles. The van der Waals surface area contributed by atoms with Crippen molar-refractivity contribution in [1.29, 1.82) is 0 Å². The molecule has 0 amide bonds. The van der Waals surface area contributed by atoms with E-state index in [0.29, 0.717) is 19.0 Å². The van der Waals surface area contributed by atoms with Crippen molar-refractivity contribution >= 4 is 16.9 Å². The van der Waals surface area contributed by atoms with Crippen molar-refractivity contribution < 1.29 is 9.84 Å². The van der Waals surface area contributed by atoms with Gasteiger partial charge < -0.3 is 14.7 Å². The lowest BCUT2D eigenvalue weighted by Gasteiger charge is -2.28. The molecule has 1 saturated heterocycles. The Morgan fingerprint density at radius 3 is 2.54 bits per heavy atom. The van der Waals surface area contributed by atoms with Crippen molar-refractivity contribution in [2.75, 3.05) is 31.2 Å². The fraction of sp³-hybridized carbons (Fsp3) is 0.190. The monoisotopic (exact) mass is 373 g/mol. The van der Waals surface area contributed by atoms with E-state index in [9.17, 15) is 5.11 Å². The van der Waals surface area contributed by atoms with Crippen molar-refractivity contribution in [2.45, 2.75) is 0 Å². The van der Waals surface area contributed by atoms with Crippen LogP contribution in [0.2, 0.25) is 0 Å². The lowest BCUT2D eigenvalue weighted by Crippen LogP contribution is -2.37. The molecule has 1 aliphatic rings. The minimum absolute atomic E-state index is 0.186. The standard InChI is InChI=1S/C21H19N5O2/c27-17-8-4-5-15(13-17)19-23-20(25-9-11-28-12-10-25)18-14-22-26(21(18)24-19)16-6-2-1-3-7-16/h1-8,13-14,27H,9-12H2. The molecular weight excluding hydrogens is 354 g/mol. The van der Waals surface area contributed by atoms with E-state index in [2.05, 4.69) is 10.00 Å². The van der Waals surface area contributed by atoms with Crippen LogP contribution in [0.25, 0.3) is 28.1 Å². The molecule has 0 spiro atoms. The first-order valence-corrected chi connectivity index (χ1v) is 9.23. The van der Waals surface area contributed by atoms with Gasteiger partial charge in [0.2, 0.25) is 0 Å². The molecule has 0 atom stereocenters. The predicted octanol–water partition coefficient (Wildman–Crippen LogP) is 3.02. The fourth-order valence-electron chi connectivity index (χ4n) is 3.44. The van der Waals surface area contributed by atoms with Crippen LogP contribution >= 0.6 is 0 Å². The third-order valence-corrected chi connectivity index (χ3v) is 4.82. The number of para-hydroxylation sites is 1. The van der Waals surface area contributed by atoms with Crippen molar-refractivity contribution in [1.82, 2.24) is 19.7 Å². The highest BCUT2D eigenvalue weighted by Crippen LogP contribution is 2.30. The smallest absolute Gasteiger partial charge is 0.169 e. The van der Waals surface area contributed by atoms with Crippen LogP contribution in [-0.4, -0.2) is 51.2 Å². The third kappa shape index (κ3) is 2.95. The number of anilines is 1. The number of fused-ring (bicyclic) bond motifs is 1.